The van der Waals surface area contributed by atoms with E-state index in [0.29, 0.717) is 0 Å². The maximum Gasteiger partial charge on any atom is 0.244 e. The molecule has 0 saturated carbocycles. The molecule has 2 amide bonds. The molecule has 7 nitrogen and oxygen atoms in total. The third kappa shape index (κ3) is 6.97. The minimum absolute atomic E-state index is 0.100. The Labute approximate surface area is 195 Å². The molecule has 0 unspecified atom stereocenters. The number of carbonyl (C=O) groups is 2. The fourth-order valence-corrected chi connectivity index (χ4v) is 4.39. The van der Waals surface area contributed by atoms with Crippen LogP contribution in [0, 0.1) is 6.92 Å². The fourth-order valence-electron chi connectivity index (χ4n) is 3.24. The van der Waals surface area contributed by atoms with Gasteiger partial charge in [0.1, 0.15) is 12.6 Å². The summed E-state index contributed by atoms with van der Waals surface area (Å²) in [6, 6.07) is 13.1. The van der Waals surface area contributed by atoms with Crippen LogP contribution in [-0.2, 0) is 26.2 Å². The highest BCUT2D eigenvalue weighted by molar-refractivity contribution is 7.92. The molecule has 2 aromatic rings. The molecule has 0 radical (unpaired) electrons. The van der Waals surface area contributed by atoms with Crippen molar-refractivity contribution < 1.29 is 18.0 Å². The van der Waals surface area contributed by atoms with Gasteiger partial charge >= 0.3 is 0 Å². The Kier molecular flexibility index (Phi) is 8.69. The molecular weight excluding hydrogens is 450 g/mol. The highest BCUT2D eigenvalue weighted by atomic mass is 35.5. The second-order valence-corrected chi connectivity index (χ2v) is 10.4. The molecule has 2 rings (SSSR count). The Bertz CT molecular complexity index is 1070. The summed E-state index contributed by atoms with van der Waals surface area (Å²) in [5, 5.41) is 3.02. The molecule has 0 aliphatic carbocycles. The number of sulfonamides is 1. The zero-order valence-electron chi connectivity index (χ0n) is 19.0. The molecule has 1 N–H and O–H groups in total. The molecule has 32 heavy (non-hydrogen) atoms. The predicted molar refractivity (Wildman–Crippen MR) is 128 cm³/mol. The molecule has 2 aromatic carbocycles. The van der Waals surface area contributed by atoms with E-state index in [1.54, 1.807) is 25.1 Å². The van der Waals surface area contributed by atoms with Crippen molar-refractivity contribution in [1.82, 2.24) is 10.2 Å². The van der Waals surface area contributed by atoms with Crippen LogP contribution in [0.4, 0.5) is 5.69 Å². The van der Waals surface area contributed by atoms with Gasteiger partial charge in [0.15, 0.2) is 0 Å². The van der Waals surface area contributed by atoms with Gasteiger partial charge in [-0.3, -0.25) is 13.9 Å². The van der Waals surface area contributed by atoms with Gasteiger partial charge in [-0.05, 0) is 45.4 Å². The highest BCUT2D eigenvalue weighted by Gasteiger charge is 2.30. The molecule has 0 spiro atoms. The summed E-state index contributed by atoms with van der Waals surface area (Å²) in [6.07, 6.45) is 1.02. The predicted octanol–water partition coefficient (Wildman–Crippen LogP) is 3.36. The first kappa shape index (κ1) is 25.7. The van der Waals surface area contributed by atoms with Crippen molar-refractivity contribution in [2.24, 2.45) is 0 Å². The molecule has 0 aliphatic rings. The number of nitrogens with zero attached hydrogens (tertiary/aromatic N) is 2. The molecule has 0 bridgehead atoms. The topological polar surface area (TPSA) is 86.8 Å². The lowest BCUT2D eigenvalue weighted by Crippen LogP contribution is -2.52. The number of para-hydroxylation sites is 1. The number of hydrogen-bond acceptors (Lipinski definition) is 4. The smallest absolute Gasteiger partial charge is 0.244 e. The number of carbonyl (C=O) groups excluding carboxylic acids is 2. The van der Waals surface area contributed by atoms with Gasteiger partial charge in [-0.2, -0.15) is 0 Å². The number of nitrogens with one attached hydrogen (secondary N) is 1. The van der Waals surface area contributed by atoms with E-state index in [0.717, 1.165) is 21.7 Å². The van der Waals surface area contributed by atoms with Gasteiger partial charge in [-0.1, -0.05) is 53.6 Å². The van der Waals surface area contributed by atoms with Crippen LogP contribution < -0.4 is 9.62 Å². The van der Waals surface area contributed by atoms with Crippen LogP contribution in [0.15, 0.2) is 48.5 Å². The van der Waals surface area contributed by atoms with Crippen molar-refractivity contribution in [3.8, 4) is 0 Å². The van der Waals surface area contributed by atoms with E-state index in [9.17, 15) is 18.0 Å². The van der Waals surface area contributed by atoms with Crippen LogP contribution in [0.3, 0.4) is 0 Å². The summed E-state index contributed by atoms with van der Waals surface area (Å²) < 4.78 is 26.0. The van der Waals surface area contributed by atoms with Gasteiger partial charge in [0.25, 0.3) is 0 Å². The van der Waals surface area contributed by atoms with Crippen LogP contribution >= 0.6 is 11.6 Å². The van der Waals surface area contributed by atoms with Crippen LogP contribution in [0.5, 0.6) is 0 Å². The van der Waals surface area contributed by atoms with Gasteiger partial charge in [0, 0.05) is 12.6 Å². The average molecular weight is 480 g/mol. The lowest BCUT2D eigenvalue weighted by atomic mass is 10.1. The third-order valence-corrected chi connectivity index (χ3v) is 6.28. The van der Waals surface area contributed by atoms with Crippen molar-refractivity contribution in [3.05, 3.63) is 64.7 Å². The Morgan fingerprint density at radius 1 is 1.06 bits per heavy atom. The zero-order valence-corrected chi connectivity index (χ0v) is 20.6. The Hall–Kier alpha value is -2.58. The second kappa shape index (κ2) is 10.8. The molecule has 0 heterocycles. The Morgan fingerprint density at radius 3 is 2.28 bits per heavy atom. The van der Waals surface area contributed by atoms with E-state index in [1.165, 1.54) is 11.0 Å². The summed E-state index contributed by atoms with van der Waals surface area (Å²) in [5.41, 5.74) is 2.06. The van der Waals surface area contributed by atoms with Crippen molar-refractivity contribution in [2.75, 3.05) is 17.1 Å². The fraction of sp³-hybridized carbons (Fsp3) is 0.391. The summed E-state index contributed by atoms with van der Waals surface area (Å²) in [5.74, 6) is -0.826. The van der Waals surface area contributed by atoms with Gasteiger partial charge in [-0.15, -0.1) is 0 Å². The number of amides is 2. The van der Waals surface area contributed by atoms with E-state index in [4.69, 9.17) is 11.6 Å². The third-order valence-electron chi connectivity index (χ3n) is 4.83. The summed E-state index contributed by atoms with van der Waals surface area (Å²) in [4.78, 5) is 27.5. The van der Waals surface area contributed by atoms with Crippen LogP contribution in [-0.4, -0.2) is 50.0 Å². The summed E-state index contributed by atoms with van der Waals surface area (Å²) >= 11 is 6.21. The average Bonchev–Trinajstić information content (AvgIpc) is 2.69. The number of hydrogen-bond donors (Lipinski definition) is 1. The number of halogens is 1. The molecular formula is C23H30ClN3O4S. The number of benzene rings is 2. The van der Waals surface area contributed by atoms with E-state index in [-0.39, 0.29) is 29.2 Å². The maximum absolute atomic E-state index is 13.4. The van der Waals surface area contributed by atoms with E-state index in [2.05, 4.69) is 5.32 Å². The van der Waals surface area contributed by atoms with Crippen LogP contribution in [0.2, 0.25) is 5.02 Å². The monoisotopic (exact) mass is 479 g/mol. The number of rotatable bonds is 9. The van der Waals surface area contributed by atoms with Gasteiger partial charge in [0.05, 0.1) is 17.0 Å². The minimum atomic E-state index is -3.81. The lowest BCUT2D eigenvalue weighted by Gasteiger charge is -2.32. The van der Waals surface area contributed by atoms with Crippen molar-refractivity contribution in [1.29, 1.82) is 0 Å². The van der Waals surface area contributed by atoms with Gasteiger partial charge in [-0.25, -0.2) is 8.42 Å². The Morgan fingerprint density at radius 2 is 1.72 bits per heavy atom. The van der Waals surface area contributed by atoms with Crippen LogP contribution in [0.25, 0.3) is 0 Å². The quantitative estimate of drug-likeness (QED) is 0.597. The molecule has 9 heteroatoms. The molecule has 0 saturated heterocycles. The number of anilines is 1. The molecule has 0 aromatic heterocycles. The van der Waals surface area contributed by atoms with E-state index < -0.39 is 28.5 Å². The number of aryl methyl sites for hydroxylation is 1. The zero-order chi connectivity index (χ0) is 24.1. The normalized spacial score (nSPS) is 12.3. The summed E-state index contributed by atoms with van der Waals surface area (Å²) in [6.45, 7) is 6.92. The van der Waals surface area contributed by atoms with E-state index >= 15 is 0 Å². The largest absolute Gasteiger partial charge is 0.352 e. The first-order chi connectivity index (χ1) is 14.9. The summed E-state index contributed by atoms with van der Waals surface area (Å²) in [7, 11) is -3.81. The van der Waals surface area contributed by atoms with Crippen molar-refractivity contribution in [3.63, 3.8) is 0 Å². The standard InChI is InChI=1S/C23H30ClN3O4S/c1-16(2)25-23(29)18(4)26(14-19-10-8-9-17(3)13-19)22(28)15-27(32(5,30)31)21-12-7-6-11-20(21)24/h6-13,16,18H,14-15H2,1-5H3,(H,25,29)/t18-/m1/s1. The SMILES string of the molecule is Cc1cccc(CN(C(=O)CN(c2ccccc2Cl)S(C)(=O)=O)[C@H](C)C(=O)NC(C)C)c1. The minimum Gasteiger partial charge on any atom is -0.352 e. The molecule has 1 atom stereocenters. The Balaban J connectivity index is 2.40. The van der Waals surface area contributed by atoms with Crippen molar-refractivity contribution >= 4 is 39.1 Å². The molecule has 0 fully saturated rings. The lowest BCUT2D eigenvalue weighted by molar-refractivity contribution is -0.139. The molecule has 174 valence electrons. The van der Waals surface area contributed by atoms with Crippen LogP contribution in [0.1, 0.15) is 31.9 Å². The second-order valence-electron chi connectivity index (χ2n) is 8.07. The first-order valence-corrected chi connectivity index (χ1v) is 12.5. The van der Waals surface area contributed by atoms with Gasteiger partial charge in [0.2, 0.25) is 21.8 Å². The maximum atomic E-state index is 13.4. The molecule has 0 aliphatic heterocycles. The van der Waals surface area contributed by atoms with Crippen molar-refractivity contribution in [2.45, 2.75) is 46.3 Å². The highest BCUT2D eigenvalue weighted by Crippen LogP contribution is 2.27. The van der Waals surface area contributed by atoms with Gasteiger partial charge < -0.3 is 10.2 Å². The first-order valence-electron chi connectivity index (χ1n) is 10.3. The van der Waals surface area contributed by atoms with E-state index in [1.807, 2.05) is 45.0 Å².